The van der Waals surface area contributed by atoms with Crippen LogP contribution in [0.25, 0.3) is 0 Å². The first-order valence-electron chi connectivity index (χ1n) is 5.92. The van der Waals surface area contributed by atoms with Crippen LogP contribution in [0, 0.1) is 5.92 Å². The number of ketones is 1. The molecule has 0 heterocycles. The number of benzene rings is 1. The Labute approximate surface area is 101 Å². The number of hydrogen-bond acceptors (Lipinski definition) is 3. The second kappa shape index (κ2) is 3.42. The van der Waals surface area contributed by atoms with Crippen molar-refractivity contribution >= 4 is 15.6 Å². The largest absolute Gasteiger partial charge is 0.298 e. The maximum absolute atomic E-state index is 12.5. The molecule has 0 aliphatic heterocycles. The van der Waals surface area contributed by atoms with Gasteiger partial charge in [0.05, 0.1) is 4.90 Å². The Morgan fingerprint density at radius 1 is 1.18 bits per heavy atom. The van der Waals surface area contributed by atoms with Crippen LogP contribution in [0.3, 0.4) is 0 Å². The molecular formula is C13H14O3S. The second-order valence-corrected chi connectivity index (χ2v) is 7.13. The highest BCUT2D eigenvalue weighted by Crippen LogP contribution is 2.58. The summed E-state index contributed by atoms with van der Waals surface area (Å²) in [5.41, 5.74) is 0. The van der Waals surface area contributed by atoms with Crippen LogP contribution >= 0.6 is 0 Å². The molecule has 0 spiro atoms. The van der Waals surface area contributed by atoms with Crippen LogP contribution in [-0.2, 0) is 14.6 Å². The quantitative estimate of drug-likeness (QED) is 0.806. The standard InChI is InChI=1S/C13H14O3S/c14-12-8-4-5-10-9-13(10,12)17(15,16)11-6-2-1-3-7-11/h1-3,6-7,10H,4-5,8-9H2/t10-,13-/m1/s1. The van der Waals surface area contributed by atoms with Crippen molar-refractivity contribution in [3.8, 4) is 0 Å². The van der Waals surface area contributed by atoms with Gasteiger partial charge < -0.3 is 0 Å². The number of fused-ring (bicyclic) bond motifs is 1. The number of carbonyl (C=O) groups is 1. The van der Waals surface area contributed by atoms with Crippen molar-refractivity contribution in [3.63, 3.8) is 0 Å². The van der Waals surface area contributed by atoms with Crippen LogP contribution in [0.2, 0.25) is 0 Å². The van der Waals surface area contributed by atoms with Gasteiger partial charge in [0.2, 0.25) is 0 Å². The van der Waals surface area contributed by atoms with E-state index in [4.69, 9.17) is 0 Å². The molecule has 0 radical (unpaired) electrons. The first kappa shape index (κ1) is 11.0. The minimum absolute atomic E-state index is 0.0638. The molecule has 4 heteroatoms. The number of carbonyl (C=O) groups excluding carboxylic acids is 1. The van der Waals surface area contributed by atoms with Crippen molar-refractivity contribution < 1.29 is 13.2 Å². The average molecular weight is 250 g/mol. The van der Waals surface area contributed by atoms with Crippen molar-refractivity contribution in [2.24, 2.45) is 5.92 Å². The van der Waals surface area contributed by atoms with E-state index in [1.165, 1.54) is 0 Å². The van der Waals surface area contributed by atoms with Gasteiger partial charge in [0.15, 0.2) is 15.6 Å². The van der Waals surface area contributed by atoms with E-state index in [9.17, 15) is 13.2 Å². The van der Waals surface area contributed by atoms with Crippen LogP contribution in [0.1, 0.15) is 25.7 Å². The van der Waals surface area contributed by atoms with E-state index in [2.05, 4.69) is 0 Å². The lowest BCUT2D eigenvalue weighted by molar-refractivity contribution is -0.120. The van der Waals surface area contributed by atoms with E-state index in [1.807, 2.05) is 0 Å². The summed E-state index contributed by atoms with van der Waals surface area (Å²) in [6.07, 6.45) is 2.67. The van der Waals surface area contributed by atoms with Crippen molar-refractivity contribution in [3.05, 3.63) is 30.3 Å². The van der Waals surface area contributed by atoms with E-state index in [1.54, 1.807) is 30.3 Å². The van der Waals surface area contributed by atoms with E-state index in [0.717, 1.165) is 12.8 Å². The molecule has 1 aromatic carbocycles. The summed E-state index contributed by atoms with van der Waals surface area (Å²) < 4.78 is 24.0. The third-order valence-corrected chi connectivity index (χ3v) is 6.59. The zero-order valence-corrected chi connectivity index (χ0v) is 10.2. The van der Waals surface area contributed by atoms with E-state index >= 15 is 0 Å². The minimum atomic E-state index is -3.49. The Hall–Kier alpha value is -1.16. The SMILES string of the molecule is O=C1CCC[C@@H]2C[C@]12S(=O)(=O)c1ccccc1. The van der Waals surface area contributed by atoms with Gasteiger partial charge in [-0.1, -0.05) is 18.2 Å². The summed E-state index contributed by atoms with van der Waals surface area (Å²) in [6.45, 7) is 0. The molecule has 1 aromatic rings. The Morgan fingerprint density at radius 2 is 1.88 bits per heavy atom. The first-order chi connectivity index (χ1) is 8.09. The lowest BCUT2D eigenvalue weighted by atomic mass is 9.99. The van der Waals surface area contributed by atoms with Crippen LogP contribution in [0.5, 0.6) is 0 Å². The molecule has 3 rings (SSSR count). The summed E-state index contributed by atoms with van der Waals surface area (Å²) in [5, 5.41) is 0. The fourth-order valence-corrected chi connectivity index (χ4v) is 5.31. The molecule has 0 bridgehead atoms. The topological polar surface area (TPSA) is 51.2 Å². The summed E-state index contributed by atoms with van der Waals surface area (Å²) in [4.78, 5) is 12.3. The molecule has 0 unspecified atom stereocenters. The summed E-state index contributed by atoms with van der Waals surface area (Å²) >= 11 is 0. The van der Waals surface area contributed by atoms with Gasteiger partial charge in [-0.05, 0) is 37.3 Å². The van der Waals surface area contributed by atoms with Gasteiger partial charge >= 0.3 is 0 Å². The van der Waals surface area contributed by atoms with Crippen LogP contribution in [0.4, 0.5) is 0 Å². The maximum Gasteiger partial charge on any atom is 0.191 e. The van der Waals surface area contributed by atoms with E-state index < -0.39 is 14.6 Å². The number of Topliss-reactive ketones (excluding diaryl/α,β-unsaturated/α-hetero) is 1. The lowest BCUT2D eigenvalue weighted by Crippen LogP contribution is -2.37. The van der Waals surface area contributed by atoms with E-state index in [0.29, 0.717) is 12.8 Å². The Morgan fingerprint density at radius 3 is 2.53 bits per heavy atom. The molecule has 0 aromatic heterocycles. The minimum Gasteiger partial charge on any atom is -0.298 e. The number of sulfone groups is 1. The molecule has 2 atom stereocenters. The molecular weight excluding hydrogens is 236 g/mol. The van der Waals surface area contributed by atoms with Gasteiger partial charge in [0.1, 0.15) is 4.75 Å². The van der Waals surface area contributed by atoms with Crippen LogP contribution < -0.4 is 0 Å². The lowest BCUT2D eigenvalue weighted by Gasteiger charge is -2.20. The zero-order chi connectivity index (χ0) is 12.1. The highest BCUT2D eigenvalue weighted by Gasteiger charge is 2.69. The molecule has 0 amide bonds. The zero-order valence-electron chi connectivity index (χ0n) is 9.43. The molecule has 3 nitrogen and oxygen atoms in total. The fourth-order valence-electron chi connectivity index (χ4n) is 2.99. The average Bonchev–Trinajstić information content (AvgIpc) is 3.08. The van der Waals surface area contributed by atoms with Crippen molar-refractivity contribution in [1.82, 2.24) is 0 Å². The highest BCUT2D eigenvalue weighted by molar-refractivity contribution is 7.94. The fraction of sp³-hybridized carbons (Fsp3) is 0.462. The second-order valence-electron chi connectivity index (χ2n) is 4.92. The smallest absolute Gasteiger partial charge is 0.191 e. The highest BCUT2D eigenvalue weighted by atomic mass is 32.2. The van der Waals surface area contributed by atoms with Gasteiger partial charge in [0, 0.05) is 6.42 Å². The predicted molar refractivity (Wildman–Crippen MR) is 63.3 cm³/mol. The molecule has 90 valence electrons. The van der Waals surface area contributed by atoms with Crippen molar-refractivity contribution in [2.75, 3.05) is 0 Å². The molecule has 17 heavy (non-hydrogen) atoms. The molecule has 0 N–H and O–H groups in total. The number of hydrogen-bond donors (Lipinski definition) is 0. The Balaban J connectivity index is 2.08. The van der Waals surface area contributed by atoms with Crippen LogP contribution in [0.15, 0.2) is 35.2 Å². The van der Waals surface area contributed by atoms with Gasteiger partial charge in [-0.3, -0.25) is 4.79 Å². The summed E-state index contributed by atoms with van der Waals surface area (Å²) in [7, 11) is -3.49. The maximum atomic E-state index is 12.5. The molecule has 2 aliphatic rings. The first-order valence-corrected chi connectivity index (χ1v) is 7.40. The number of rotatable bonds is 2. The normalized spacial score (nSPS) is 32.0. The van der Waals surface area contributed by atoms with Crippen molar-refractivity contribution in [2.45, 2.75) is 35.3 Å². The monoisotopic (exact) mass is 250 g/mol. The molecule has 2 fully saturated rings. The summed E-state index contributed by atoms with van der Waals surface area (Å²) in [6, 6.07) is 8.36. The van der Waals surface area contributed by atoms with E-state index in [-0.39, 0.29) is 16.6 Å². The van der Waals surface area contributed by atoms with Gasteiger partial charge in [-0.15, -0.1) is 0 Å². The molecule has 0 saturated heterocycles. The van der Waals surface area contributed by atoms with Gasteiger partial charge in [-0.25, -0.2) is 8.42 Å². The third-order valence-electron chi connectivity index (χ3n) is 4.01. The summed E-state index contributed by atoms with van der Waals surface area (Å²) in [5.74, 6) is -0.00782. The molecule has 2 aliphatic carbocycles. The predicted octanol–water partition coefficient (Wildman–Crippen LogP) is 1.97. The van der Waals surface area contributed by atoms with Crippen molar-refractivity contribution in [1.29, 1.82) is 0 Å². The molecule has 2 saturated carbocycles. The van der Waals surface area contributed by atoms with Crippen LogP contribution in [-0.4, -0.2) is 18.9 Å². The Bertz CT molecular complexity index is 562. The third kappa shape index (κ3) is 1.33. The Kier molecular flexibility index (Phi) is 2.20. The van der Waals surface area contributed by atoms with Gasteiger partial charge in [0.25, 0.3) is 0 Å². The van der Waals surface area contributed by atoms with Gasteiger partial charge in [-0.2, -0.15) is 0 Å².